The van der Waals surface area contributed by atoms with Gasteiger partial charge >= 0.3 is 0 Å². The number of hydrogen-bond donors (Lipinski definition) is 1. The number of rotatable bonds is 6. The number of hydrogen-bond acceptors (Lipinski definition) is 2. The quantitative estimate of drug-likeness (QED) is 0.828. The highest BCUT2D eigenvalue weighted by molar-refractivity contribution is 6.31. The van der Waals surface area contributed by atoms with E-state index < -0.39 is 0 Å². The Morgan fingerprint density at radius 1 is 1.38 bits per heavy atom. The molecule has 0 aromatic heterocycles. The van der Waals surface area contributed by atoms with Gasteiger partial charge in [0, 0.05) is 18.1 Å². The van der Waals surface area contributed by atoms with Gasteiger partial charge in [-0.05, 0) is 25.1 Å². The molecule has 2 nitrogen and oxygen atoms in total. The third-order valence-electron chi connectivity index (χ3n) is 2.54. The van der Waals surface area contributed by atoms with E-state index in [0.717, 1.165) is 30.0 Å². The molecule has 0 saturated heterocycles. The highest BCUT2D eigenvalue weighted by Crippen LogP contribution is 2.16. The number of aliphatic hydroxyl groups is 1. The van der Waals surface area contributed by atoms with Gasteiger partial charge in [0.05, 0.1) is 6.10 Å². The van der Waals surface area contributed by atoms with Crippen LogP contribution in [-0.2, 0) is 6.54 Å². The minimum absolute atomic E-state index is 0.238. The summed E-state index contributed by atoms with van der Waals surface area (Å²) in [7, 11) is 2.00. The zero-order valence-corrected chi connectivity index (χ0v) is 10.7. The lowest BCUT2D eigenvalue weighted by atomic mass is 10.2. The molecule has 0 heterocycles. The molecule has 1 atom stereocenters. The molecule has 0 aliphatic heterocycles. The Kier molecular flexibility index (Phi) is 5.81. The lowest BCUT2D eigenvalue weighted by molar-refractivity contribution is 0.114. The highest BCUT2D eigenvalue weighted by atomic mass is 35.5. The third-order valence-corrected chi connectivity index (χ3v) is 2.91. The normalized spacial score (nSPS) is 13.1. The molecule has 3 heteroatoms. The molecule has 0 fully saturated rings. The standard InChI is InChI=1S/C13H20ClNO/c1-3-6-12(16)10-15(2)9-11-7-4-5-8-13(11)14/h4-5,7-8,12,16H,3,6,9-10H2,1-2H3. The summed E-state index contributed by atoms with van der Waals surface area (Å²) in [6.45, 7) is 3.55. The molecule has 90 valence electrons. The van der Waals surface area contributed by atoms with Crippen LogP contribution in [0.2, 0.25) is 5.02 Å². The lowest BCUT2D eigenvalue weighted by Gasteiger charge is -2.20. The number of aliphatic hydroxyl groups excluding tert-OH is 1. The topological polar surface area (TPSA) is 23.5 Å². The van der Waals surface area contributed by atoms with Crippen LogP contribution in [0.15, 0.2) is 24.3 Å². The van der Waals surface area contributed by atoms with Crippen LogP contribution in [0.1, 0.15) is 25.3 Å². The van der Waals surface area contributed by atoms with Crippen molar-refractivity contribution < 1.29 is 5.11 Å². The highest BCUT2D eigenvalue weighted by Gasteiger charge is 2.08. The first-order valence-electron chi connectivity index (χ1n) is 5.73. The average Bonchev–Trinajstić information content (AvgIpc) is 2.21. The van der Waals surface area contributed by atoms with Gasteiger partial charge in [0.15, 0.2) is 0 Å². The van der Waals surface area contributed by atoms with Crippen molar-refractivity contribution in [1.82, 2.24) is 4.90 Å². The maximum atomic E-state index is 9.69. The van der Waals surface area contributed by atoms with E-state index in [9.17, 15) is 5.11 Å². The first kappa shape index (κ1) is 13.5. The number of likely N-dealkylation sites (N-methyl/N-ethyl adjacent to an activating group) is 1. The van der Waals surface area contributed by atoms with Crippen LogP contribution in [0.5, 0.6) is 0 Å². The van der Waals surface area contributed by atoms with Gasteiger partial charge in [-0.1, -0.05) is 43.1 Å². The Bertz CT molecular complexity index is 317. The Labute approximate surface area is 103 Å². The number of halogens is 1. The molecule has 1 unspecified atom stereocenters. The summed E-state index contributed by atoms with van der Waals surface area (Å²) in [5, 5.41) is 10.5. The van der Waals surface area contributed by atoms with Crippen molar-refractivity contribution in [3.63, 3.8) is 0 Å². The van der Waals surface area contributed by atoms with Gasteiger partial charge in [0.1, 0.15) is 0 Å². The molecule has 0 radical (unpaired) electrons. The minimum atomic E-state index is -0.238. The van der Waals surface area contributed by atoms with E-state index in [1.165, 1.54) is 0 Å². The second kappa shape index (κ2) is 6.89. The van der Waals surface area contributed by atoms with Crippen molar-refractivity contribution >= 4 is 11.6 Å². The molecule has 0 spiro atoms. The van der Waals surface area contributed by atoms with Gasteiger partial charge < -0.3 is 5.11 Å². The van der Waals surface area contributed by atoms with Crippen molar-refractivity contribution in [1.29, 1.82) is 0 Å². The van der Waals surface area contributed by atoms with Crippen LogP contribution in [0.25, 0.3) is 0 Å². The molecular formula is C13H20ClNO. The second-order valence-corrected chi connectivity index (χ2v) is 4.64. The van der Waals surface area contributed by atoms with Gasteiger partial charge in [0.25, 0.3) is 0 Å². The SMILES string of the molecule is CCCC(O)CN(C)Cc1ccccc1Cl. The molecule has 1 aromatic carbocycles. The third kappa shape index (κ3) is 4.52. The maximum absolute atomic E-state index is 9.69. The summed E-state index contributed by atoms with van der Waals surface area (Å²) >= 11 is 6.08. The molecule has 1 N–H and O–H groups in total. The van der Waals surface area contributed by atoms with Gasteiger partial charge in [-0.25, -0.2) is 0 Å². The fourth-order valence-electron chi connectivity index (χ4n) is 1.77. The summed E-state index contributed by atoms with van der Waals surface area (Å²) in [5.74, 6) is 0. The van der Waals surface area contributed by atoms with Crippen molar-refractivity contribution in [2.45, 2.75) is 32.4 Å². The van der Waals surface area contributed by atoms with Gasteiger partial charge in [-0.2, -0.15) is 0 Å². The van der Waals surface area contributed by atoms with Gasteiger partial charge in [-0.3, -0.25) is 4.90 Å². The van der Waals surface area contributed by atoms with Gasteiger partial charge in [0.2, 0.25) is 0 Å². The zero-order chi connectivity index (χ0) is 12.0. The van der Waals surface area contributed by atoms with Crippen LogP contribution in [0.3, 0.4) is 0 Å². The molecule has 0 saturated carbocycles. The number of nitrogens with zero attached hydrogens (tertiary/aromatic N) is 1. The minimum Gasteiger partial charge on any atom is -0.392 e. The van der Waals surface area contributed by atoms with E-state index in [-0.39, 0.29) is 6.10 Å². The summed E-state index contributed by atoms with van der Waals surface area (Å²) in [6, 6.07) is 7.83. The van der Waals surface area contributed by atoms with Gasteiger partial charge in [-0.15, -0.1) is 0 Å². The van der Waals surface area contributed by atoms with Crippen LogP contribution in [-0.4, -0.2) is 29.7 Å². The molecule has 0 amide bonds. The van der Waals surface area contributed by atoms with E-state index >= 15 is 0 Å². The first-order valence-corrected chi connectivity index (χ1v) is 6.11. The van der Waals surface area contributed by atoms with E-state index in [0.29, 0.717) is 6.54 Å². The molecular weight excluding hydrogens is 222 g/mol. The van der Waals surface area contributed by atoms with Crippen LogP contribution >= 0.6 is 11.6 Å². The Balaban J connectivity index is 2.45. The molecule has 0 aliphatic rings. The van der Waals surface area contributed by atoms with Crippen LogP contribution in [0, 0.1) is 0 Å². The largest absolute Gasteiger partial charge is 0.392 e. The Hall–Kier alpha value is -0.570. The first-order chi connectivity index (χ1) is 7.63. The molecule has 0 bridgehead atoms. The summed E-state index contributed by atoms with van der Waals surface area (Å²) in [4.78, 5) is 2.10. The molecule has 0 aliphatic carbocycles. The van der Waals surface area contributed by atoms with E-state index in [1.54, 1.807) is 0 Å². The Morgan fingerprint density at radius 3 is 2.69 bits per heavy atom. The summed E-state index contributed by atoms with van der Waals surface area (Å²) in [5.41, 5.74) is 1.11. The van der Waals surface area contributed by atoms with Crippen LogP contribution < -0.4 is 0 Å². The van der Waals surface area contributed by atoms with Crippen molar-refractivity contribution in [3.05, 3.63) is 34.9 Å². The average molecular weight is 242 g/mol. The zero-order valence-electron chi connectivity index (χ0n) is 9.99. The van der Waals surface area contributed by atoms with E-state index in [1.807, 2.05) is 31.3 Å². The van der Waals surface area contributed by atoms with Crippen molar-refractivity contribution in [2.75, 3.05) is 13.6 Å². The molecule has 1 aromatic rings. The van der Waals surface area contributed by atoms with Crippen molar-refractivity contribution in [3.8, 4) is 0 Å². The smallest absolute Gasteiger partial charge is 0.0667 e. The summed E-state index contributed by atoms with van der Waals surface area (Å²) in [6.07, 6.45) is 1.63. The molecule has 16 heavy (non-hydrogen) atoms. The van der Waals surface area contributed by atoms with E-state index in [4.69, 9.17) is 11.6 Å². The fourth-order valence-corrected chi connectivity index (χ4v) is 1.96. The summed E-state index contributed by atoms with van der Waals surface area (Å²) < 4.78 is 0. The second-order valence-electron chi connectivity index (χ2n) is 4.23. The molecule has 1 rings (SSSR count). The van der Waals surface area contributed by atoms with Crippen molar-refractivity contribution in [2.24, 2.45) is 0 Å². The number of benzene rings is 1. The predicted octanol–water partition coefficient (Wildman–Crippen LogP) is 2.93. The lowest BCUT2D eigenvalue weighted by Crippen LogP contribution is -2.28. The monoisotopic (exact) mass is 241 g/mol. The predicted molar refractivity (Wildman–Crippen MR) is 68.7 cm³/mol. The Morgan fingerprint density at radius 2 is 2.06 bits per heavy atom. The van der Waals surface area contributed by atoms with E-state index in [2.05, 4.69) is 11.8 Å². The van der Waals surface area contributed by atoms with Crippen LogP contribution in [0.4, 0.5) is 0 Å². The maximum Gasteiger partial charge on any atom is 0.0667 e. The fraction of sp³-hybridized carbons (Fsp3) is 0.538.